The molecule has 1 aromatic rings. The molecule has 116 valence electrons. The van der Waals surface area contributed by atoms with E-state index in [0.29, 0.717) is 15.8 Å². The summed E-state index contributed by atoms with van der Waals surface area (Å²) in [6, 6.07) is 0.200. The first-order valence-corrected chi connectivity index (χ1v) is 8.09. The lowest BCUT2D eigenvalue weighted by molar-refractivity contribution is -0.0307. The molecular weight excluding hydrogens is 387 g/mol. The molecule has 0 fully saturated rings. The first-order chi connectivity index (χ1) is 10.0. The fourth-order valence-corrected chi connectivity index (χ4v) is 4.33. The van der Waals surface area contributed by atoms with E-state index in [2.05, 4.69) is 27.2 Å². The summed E-state index contributed by atoms with van der Waals surface area (Å²) in [6.07, 6.45) is -0.112. The number of rotatable bonds is 3. The SMILES string of the molecule is CCN1CC2CC(OC)c3c(I)c(=O)c(OC)c(n32)C1O. The van der Waals surface area contributed by atoms with Gasteiger partial charge in [0.05, 0.1) is 16.4 Å². The number of aromatic nitrogens is 1. The lowest BCUT2D eigenvalue weighted by Gasteiger charge is -2.38. The van der Waals surface area contributed by atoms with E-state index in [1.54, 1.807) is 7.11 Å². The molecule has 7 heteroatoms. The molecule has 3 rings (SSSR count). The monoisotopic (exact) mass is 406 g/mol. The average Bonchev–Trinajstić information content (AvgIpc) is 2.86. The smallest absolute Gasteiger partial charge is 0.237 e. The highest BCUT2D eigenvalue weighted by molar-refractivity contribution is 14.1. The Morgan fingerprint density at radius 2 is 2.10 bits per heavy atom. The van der Waals surface area contributed by atoms with Crippen LogP contribution >= 0.6 is 22.6 Å². The summed E-state index contributed by atoms with van der Waals surface area (Å²) in [5, 5.41) is 10.6. The highest BCUT2D eigenvalue weighted by Gasteiger charge is 2.43. The number of pyridine rings is 1. The Bertz CT molecular complexity index is 630. The molecule has 0 aromatic carbocycles. The Balaban J connectivity index is 2.32. The van der Waals surface area contributed by atoms with Gasteiger partial charge in [-0.2, -0.15) is 0 Å². The number of hydrogen-bond donors (Lipinski definition) is 1. The van der Waals surface area contributed by atoms with Gasteiger partial charge in [-0.05, 0) is 29.1 Å². The van der Waals surface area contributed by atoms with Crippen LogP contribution in [0.5, 0.6) is 5.75 Å². The van der Waals surface area contributed by atoms with Crippen LogP contribution in [0.25, 0.3) is 0 Å². The minimum Gasteiger partial charge on any atom is -0.491 e. The van der Waals surface area contributed by atoms with Crippen molar-refractivity contribution >= 4 is 22.6 Å². The molecule has 0 saturated heterocycles. The van der Waals surface area contributed by atoms with E-state index in [1.807, 2.05) is 11.8 Å². The number of aliphatic hydroxyl groups excluding tert-OH is 1. The zero-order chi connectivity index (χ0) is 15.3. The summed E-state index contributed by atoms with van der Waals surface area (Å²) in [4.78, 5) is 14.5. The van der Waals surface area contributed by atoms with Crippen LogP contribution in [0.4, 0.5) is 0 Å². The standard InChI is InChI=1S/C14H19IN2O4/c1-4-16-6-7-5-8(20-2)10-9(15)12(18)13(21-3)11(14(16)19)17(7)10/h7-8,14,19H,4-6H2,1-3H3. The molecule has 3 unspecified atom stereocenters. The van der Waals surface area contributed by atoms with E-state index in [1.165, 1.54) is 7.11 Å². The molecule has 2 aliphatic heterocycles. The second-order valence-corrected chi connectivity index (χ2v) is 6.47. The summed E-state index contributed by atoms with van der Waals surface area (Å²) in [7, 11) is 3.14. The number of ether oxygens (including phenoxy) is 2. The van der Waals surface area contributed by atoms with Gasteiger partial charge in [-0.1, -0.05) is 6.92 Å². The second-order valence-electron chi connectivity index (χ2n) is 5.39. The first kappa shape index (κ1) is 15.3. The number of nitrogens with zero attached hydrogens (tertiary/aromatic N) is 2. The third kappa shape index (κ3) is 2.05. The van der Waals surface area contributed by atoms with Crippen LogP contribution in [0.2, 0.25) is 0 Å². The Morgan fingerprint density at radius 1 is 1.38 bits per heavy atom. The molecular formula is C14H19IN2O4. The predicted octanol–water partition coefficient (Wildman–Crippen LogP) is 1.42. The molecule has 0 amide bonds. The molecule has 6 nitrogen and oxygen atoms in total. The largest absolute Gasteiger partial charge is 0.491 e. The van der Waals surface area contributed by atoms with Crippen LogP contribution in [0.3, 0.4) is 0 Å². The minimum atomic E-state index is -0.819. The quantitative estimate of drug-likeness (QED) is 0.770. The normalized spacial score (nSPS) is 27.8. The number of aliphatic hydroxyl groups is 1. The van der Waals surface area contributed by atoms with E-state index in [9.17, 15) is 9.90 Å². The Labute approximate surface area is 136 Å². The van der Waals surface area contributed by atoms with Crippen LogP contribution in [-0.4, -0.2) is 41.9 Å². The lowest BCUT2D eigenvalue weighted by atomic mass is 10.1. The third-order valence-electron chi connectivity index (χ3n) is 4.47. The van der Waals surface area contributed by atoms with Gasteiger partial charge in [-0.25, -0.2) is 0 Å². The van der Waals surface area contributed by atoms with Gasteiger partial charge in [0, 0.05) is 26.1 Å². The van der Waals surface area contributed by atoms with E-state index in [-0.39, 0.29) is 23.3 Å². The Hall–Kier alpha value is -0.640. The van der Waals surface area contributed by atoms with Crippen molar-refractivity contribution in [3.05, 3.63) is 25.2 Å². The minimum absolute atomic E-state index is 0.108. The zero-order valence-corrected chi connectivity index (χ0v) is 14.5. The summed E-state index contributed by atoms with van der Waals surface area (Å²) in [6.45, 7) is 3.47. The van der Waals surface area contributed by atoms with Crippen molar-refractivity contribution in [2.45, 2.75) is 31.7 Å². The molecule has 0 radical (unpaired) electrons. The van der Waals surface area contributed by atoms with Gasteiger partial charge >= 0.3 is 0 Å². The summed E-state index contributed by atoms with van der Waals surface area (Å²) in [5.74, 6) is 0.246. The van der Waals surface area contributed by atoms with Gasteiger partial charge in [0.15, 0.2) is 12.0 Å². The second kappa shape index (κ2) is 5.53. The maximum absolute atomic E-state index is 12.5. The molecule has 0 spiro atoms. The average molecular weight is 406 g/mol. The van der Waals surface area contributed by atoms with Crippen molar-refractivity contribution < 1.29 is 14.6 Å². The van der Waals surface area contributed by atoms with Crippen molar-refractivity contribution in [3.8, 4) is 5.75 Å². The fourth-order valence-electron chi connectivity index (χ4n) is 3.48. The molecule has 3 heterocycles. The van der Waals surface area contributed by atoms with Crippen molar-refractivity contribution in [3.63, 3.8) is 0 Å². The van der Waals surface area contributed by atoms with Crippen LogP contribution in [0.15, 0.2) is 4.79 Å². The van der Waals surface area contributed by atoms with Gasteiger partial charge in [0.1, 0.15) is 11.8 Å². The topological polar surface area (TPSA) is 63.9 Å². The number of halogens is 1. The van der Waals surface area contributed by atoms with E-state index in [0.717, 1.165) is 18.7 Å². The Morgan fingerprint density at radius 3 is 2.67 bits per heavy atom. The highest BCUT2D eigenvalue weighted by atomic mass is 127. The first-order valence-electron chi connectivity index (χ1n) is 7.01. The highest BCUT2D eigenvalue weighted by Crippen LogP contribution is 2.46. The zero-order valence-electron chi connectivity index (χ0n) is 12.3. The van der Waals surface area contributed by atoms with Crippen molar-refractivity contribution in [2.75, 3.05) is 27.3 Å². The number of likely N-dealkylation sites (N-methyl/N-ethyl adjacent to an activating group) is 1. The van der Waals surface area contributed by atoms with E-state index in [4.69, 9.17) is 9.47 Å². The fraction of sp³-hybridized carbons (Fsp3) is 0.643. The van der Waals surface area contributed by atoms with Crippen molar-refractivity contribution in [1.29, 1.82) is 0 Å². The summed E-state index contributed by atoms with van der Waals surface area (Å²) >= 11 is 2.06. The van der Waals surface area contributed by atoms with Crippen LogP contribution < -0.4 is 10.2 Å². The number of methoxy groups -OCH3 is 2. The molecule has 0 bridgehead atoms. The van der Waals surface area contributed by atoms with E-state index >= 15 is 0 Å². The lowest BCUT2D eigenvalue weighted by Crippen LogP contribution is -2.42. The van der Waals surface area contributed by atoms with Gasteiger partial charge in [-0.15, -0.1) is 0 Å². The van der Waals surface area contributed by atoms with Gasteiger partial charge in [0.25, 0.3) is 0 Å². The third-order valence-corrected chi connectivity index (χ3v) is 5.51. The molecule has 3 atom stereocenters. The van der Waals surface area contributed by atoms with Crippen LogP contribution in [0, 0.1) is 3.57 Å². The van der Waals surface area contributed by atoms with Crippen LogP contribution in [-0.2, 0) is 4.74 Å². The predicted molar refractivity (Wildman–Crippen MR) is 85.6 cm³/mol. The maximum atomic E-state index is 12.5. The molecule has 1 N–H and O–H groups in total. The van der Waals surface area contributed by atoms with Crippen molar-refractivity contribution in [1.82, 2.24) is 9.47 Å². The van der Waals surface area contributed by atoms with Crippen LogP contribution in [0.1, 0.15) is 43.1 Å². The summed E-state index contributed by atoms with van der Waals surface area (Å²) < 4.78 is 13.6. The molecule has 21 heavy (non-hydrogen) atoms. The maximum Gasteiger partial charge on any atom is 0.237 e. The molecule has 0 saturated carbocycles. The molecule has 2 aliphatic rings. The summed E-state index contributed by atoms with van der Waals surface area (Å²) in [5.41, 5.74) is 1.27. The Kier molecular flexibility index (Phi) is 4.02. The van der Waals surface area contributed by atoms with Crippen molar-refractivity contribution in [2.24, 2.45) is 0 Å². The van der Waals surface area contributed by atoms with E-state index < -0.39 is 6.23 Å². The van der Waals surface area contributed by atoms with Gasteiger partial charge in [0.2, 0.25) is 5.43 Å². The van der Waals surface area contributed by atoms with Gasteiger partial charge < -0.3 is 19.1 Å². The molecule has 1 aromatic heterocycles. The van der Waals surface area contributed by atoms with Gasteiger partial charge in [-0.3, -0.25) is 9.69 Å². The molecule has 0 aliphatic carbocycles. The number of hydrogen-bond acceptors (Lipinski definition) is 5.